The Morgan fingerprint density at radius 1 is 0.594 bits per heavy atom. The maximum absolute atomic E-state index is 9.89. The van der Waals surface area contributed by atoms with Crippen molar-refractivity contribution in [1.29, 1.82) is 0 Å². The van der Waals surface area contributed by atoms with Gasteiger partial charge in [0.2, 0.25) is 0 Å². The minimum Gasteiger partial charge on any atom is -0.497 e. The van der Waals surface area contributed by atoms with Crippen LogP contribution in [0.15, 0.2) is 78.9 Å². The zero-order chi connectivity index (χ0) is 23.0. The summed E-state index contributed by atoms with van der Waals surface area (Å²) in [5.74, 6) is 1.42. The SMILES string of the molecule is COc1ccc(C(OCC(CO)(CO)CO)(c2ccccc2)c2ccc(OC)cc2)cc1. The Labute approximate surface area is 188 Å². The van der Waals surface area contributed by atoms with Crippen LogP contribution in [0.1, 0.15) is 16.7 Å². The fourth-order valence-corrected chi connectivity index (χ4v) is 3.62. The van der Waals surface area contributed by atoms with Crippen molar-refractivity contribution in [2.75, 3.05) is 40.6 Å². The van der Waals surface area contributed by atoms with E-state index in [9.17, 15) is 15.3 Å². The Bertz CT molecular complexity index is 894. The second-order valence-corrected chi connectivity index (χ2v) is 7.77. The Balaban J connectivity index is 2.23. The number of rotatable bonds is 11. The molecule has 0 aliphatic heterocycles. The minimum absolute atomic E-state index is 0.0799. The van der Waals surface area contributed by atoms with E-state index in [4.69, 9.17) is 14.2 Å². The van der Waals surface area contributed by atoms with Crippen molar-refractivity contribution in [1.82, 2.24) is 0 Å². The highest BCUT2D eigenvalue weighted by Gasteiger charge is 2.41. The molecule has 0 aliphatic rings. The number of methoxy groups -OCH3 is 2. The van der Waals surface area contributed by atoms with E-state index in [1.165, 1.54) is 0 Å². The van der Waals surface area contributed by atoms with Crippen molar-refractivity contribution in [2.24, 2.45) is 5.41 Å². The lowest BCUT2D eigenvalue weighted by molar-refractivity contribution is -0.0966. The molecule has 0 spiro atoms. The summed E-state index contributed by atoms with van der Waals surface area (Å²) in [5.41, 5.74) is 0.247. The lowest BCUT2D eigenvalue weighted by Gasteiger charge is -2.39. The first-order valence-corrected chi connectivity index (χ1v) is 10.4. The van der Waals surface area contributed by atoms with Crippen molar-refractivity contribution >= 4 is 0 Å². The van der Waals surface area contributed by atoms with Gasteiger partial charge in [-0.3, -0.25) is 0 Å². The largest absolute Gasteiger partial charge is 0.497 e. The molecular formula is C26H30O6. The van der Waals surface area contributed by atoms with Gasteiger partial charge in [-0.15, -0.1) is 0 Å². The van der Waals surface area contributed by atoms with Gasteiger partial charge in [0.15, 0.2) is 0 Å². The summed E-state index contributed by atoms with van der Waals surface area (Å²) in [7, 11) is 3.22. The summed E-state index contributed by atoms with van der Waals surface area (Å²) in [5, 5.41) is 29.7. The van der Waals surface area contributed by atoms with Gasteiger partial charge in [0.25, 0.3) is 0 Å². The molecule has 0 unspecified atom stereocenters. The van der Waals surface area contributed by atoms with Crippen LogP contribution < -0.4 is 9.47 Å². The number of ether oxygens (including phenoxy) is 3. The summed E-state index contributed by atoms with van der Waals surface area (Å²) in [6.45, 7) is -1.34. The van der Waals surface area contributed by atoms with E-state index in [2.05, 4.69) is 0 Å². The Morgan fingerprint density at radius 3 is 1.38 bits per heavy atom. The average Bonchev–Trinajstić information content (AvgIpc) is 2.88. The van der Waals surface area contributed by atoms with Crippen LogP contribution in [0, 0.1) is 5.41 Å². The Hall–Kier alpha value is -2.90. The van der Waals surface area contributed by atoms with Gasteiger partial charge in [0.1, 0.15) is 17.1 Å². The van der Waals surface area contributed by atoms with Gasteiger partial charge in [-0.25, -0.2) is 0 Å². The zero-order valence-corrected chi connectivity index (χ0v) is 18.4. The second kappa shape index (κ2) is 10.6. The van der Waals surface area contributed by atoms with Crippen molar-refractivity contribution in [3.05, 3.63) is 95.6 Å². The molecule has 0 atom stereocenters. The number of aliphatic hydroxyl groups excluding tert-OH is 3. The third kappa shape index (κ3) is 4.64. The van der Waals surface area contributed by atoms with E-state index in [1.54, 1.807) is 14.2 Å². The maximum atomic E-state index is 9.89. The Kier molecular flexibility index (Phi) is 7.88. The number of hydrogen-bond donors (Lipinski definition) is 3. The van der Waals surface area contributed by atoms with Crippen molar-refractivity contribution < 1.29 is 29.5 Å². The van der Waals surface area contributed by atoms with Gasteiger partial charge in [-0.1, -0.05) is 54.6 Å². The van der Waals surface area contributed by atoms with Crippen LogP contribution in [0.4, 0.5) is 0 Å². The molecule has 6 heteroatoms. The molecule has 3 rings (SSSR count). The van der Waals surface area contributed by atoms with E-state index in [0.29, 0.717) is 11.5 Å². The minimum atomic E-state index is -1.20. The molecular weight excluding hydrogens is 408 g/mol. The van der Waals surface area contributed by atoms with Crippen LogP contribution in [0.3, 0.4) is 0 Å². The lowest BCUT2D eigenvalue weighted by Crippen LogP contribution is -2.43. The molecule has 0 radical (unpaired) electrons. The molecule has 3 aromatic rings. The van der Waals surface area contributed by atoms with Crippen LogP contribution >= 0.6 is 0 Å². The van der Waals surface area contributed by atoms with Crippen LogP contribution in [0.25, 0.3) is 0 Å². The van der Waals surface area contributed by atoms with Gasteiger partial charge in [0.05, 0.1) is 46.1 Å². The van der Waals surface area contributed by atoms with E-state index in [0.717, 1.165) is 16.7 Å². The van der Waals surface area contributed by atoms with Gasteiger partial charge in [-0.05, 0) is 41.0 Å². The first kappa shape index (κ1) is 23.8. The first-order chi connectivity index (χ1) is 15.6. The molecule has 0 heterocycles. The summed E-state index contributed by atoms with van der Waals surface area (Å²) in [4.78, 5) is 0. The van der Waals surface area contributed by atoms with Crippen molar-refractivity contribution in [3.8, 4) is 11.5 Å². The van der Waals surface area contributed by atoms with E-state index < -0.39 is 30.8 Å². The highest BCUT2D eigenvalue weighted by atomic mass is 16.5. The molecule has 0 saturated heterocycles. The maximum Gasteiger partial charge on any atom is 0.143 e. The molecule has 0 amide bonds. The molecule has 6 nitrogen and oxygen atoms in total. The molecule has 0 bridgehead atoms. The fourth-order valence-electron chi connectivity index (χ4n) is 3.62. The average molecular weight is 439 g/mol. The number of hydrogen-bond acceptors (Lipinski definition) is 6. The molecule has 3 N–H and O–H groups in total. The van der Waals surface area contributed by atoms with Crippen LogP contribution in [-0.2, 0) is 10.3 Å². The molecule has 0 aromatic heterocycles. The fraction of sp³-hybridized carbons (Fsp3) is 0.308. The Morgan fingerprint density at radius 2 is 1.00 bits per heavy atom. The second-order valence-electron chi connectivity index (χ2n) is 7.77. The molecule has 0 aliphatic carbocycles. The molecule has 32 heavy (non-hydrogen) atoms. The summed E-state index contributed by atoms with van der Waals surface area (Å²) < 4.78 is 17.3. The van der Waals surface area contributed by atoms with E-state index >= 15 is 0 Å². The number of aliphatic hydroxyl groups is 3. The molecule has 170 valence electrons. The zero-order valence-electron chi connectivity index (χ0n) is 18.4. The normalized spacial score (nSPS) is 11.9. The molecule has 0 fully saturated rings. The van der Waals surface area contributed by atoms with Crippen LogP contribution in [-0.4, -0.2) is 56.0 Å². The van der Waals surface area contributed by atoms with Crippen LogP contribution in [0.2, 0.25) is 0 Å². The van der Waals surface area contributed by atoms with Crippen molar-refractivity contribution in [2.45, 2.75) is 5.60 Å². The summed E-state index contributed by atoms with van der Waals surface area (Å²) in [6.07, 6.45) is 0. The van der Waals surface area contributed by atoms with Crippen LogP contribution in [0.5, 0.6) is 11.5 Å². The monoisotopic (exact) mass is 438 g/mol. The lowest BCUT2D eigenvalue weighted by atomic mass is 9.79. The topological polar surface area (TPSA) is 88.4 Å². The van der Waals surface area contributed by atoms with Gasteiger partial charge in [-0.2, -0.15) is 0 Å². The quantitative estimate of drug-likeness (QED) is 0.399. The predicted octanol–water partition coefficient (Wildman–Crippen LogP) is 2.98. The molecule has 3 aromatic carbocycles. The summed E-state index contributed by atoms with van der Waals surface area (Å²) in [6, 6.07) is 24.8. The predicted molar refractivity (Wildman–Crippen MR) is 122 cm³/mol. The first-order valence-electron chi connectivity index (χ1n) is 10.4. The van der Waals surface area contributed by atoms with Crippen molar-refractivity contribution in [3.63, 3.8) is 0 Å². The molecule has 0 saturated carbocycles. The third-order valence-electron chi connectivity index (χ3n) is 5.77. The van der Waals surface area contributed by atoms with Gasteiger partial charge < -0.3 is 29.5 Å². The van der Waals surface area contributed by atoms with E-state index in [-0.39, 0.29) is 6.61 Å². The van der Waals surface area contributed by atoms with E-state index in [1.807, 2.05) is 78.9 Å². The van der Waals surface area contributed by atoms with Gasteiger partial charge >= 0.3 is 0 Å². The third-order valence-corrected chi connectivity index (χ3v) is 5.77. The number of benzene rings is 3. The highest BCUT2D eigenvalue weighted by Crippen LogP contribution is 2.42. The summed E-state index contributed by atoms with van der Waals surface area (Å²) >= 11 is 0. The highest BCUT2D eigenvalue weighted by molar-refractivity contribution is 5.49. The smallest absolute Gasteiger partial charge is 0.143 e. The standard InChI is InChI=1S/C26H30O6/c1-30-23-12-8-21(9-13-23)26(20-6-4-3-5-7-20,22-10-14-24(31-2)15-11-22)32-19-25(16-27,17-28)18-29/h3-15,27-29H,16-19H2,1-2H3. The van der Waals surface area contributed by atoms with Gasteiger partial charge in [0, 0.05) is 0 Å².